The molecule has 2 N–H and O–H groups in total. The van der Waals surface area contributed by atoms with Gasteiger partial charge in [-0.15, -0.1) is 0 Å². The fourth-order valence-electron chi connectivity index (χ4n) is 2.70. The van der Waals surface area contributed by atoms with Crippen LogP contribution in [-0.4, -0.2) is 35.9 Å². The van der Waals surface area contributed by atoms with Gasteiger partial charge in [0.25, 0.3) is 0 Å². The number of halogens is 1. The molecule has 1 aromatic carbocycles. The summed E-state index contributed by atoms with van der Waals surface area (Å²) in [6.45, 7) is 1.91. The fourth-order valence-corrected chi connectivity index (χ4v) is 3.86. The van der Waals surface area contributed by atoms with E-state index in [1.165, 1.54) is 0 Å². The van der Waals surface area contributed by atoms with E-state index in [0.717, 1.165) is 35.3 Å². The van der Waals surface area contributed by atoms with Gasteiger partial charge in [-0.05, 0) is 48.6 Å². The van der Waals surface area contributed by atoms with Gasteiger partial charge in [0, 0.05) is 11.0 Å². The highest BCUT2D eigenvalue weighted by Gasteiger charge is 2.32. The van der Waals surface area contributed by atoms with Crippen LogP contribution in [0, 0.1) is 5.92 Å². The third-order valence-electron chi connectivity index (χ3n) is 3.52. The van der Waals surface area contributed by atoms with Gasteiger partial charge in [-0.25, -0.2) is 0 Å². The van der Waals surface area contributed by atoms with Gasteiger partial charge in [-0.1, -0.05) is 28.1 Å². The number of nitrogens with zero attached hydrogens (tertiary/aromatic N) is 1. The van der Waals surface area contributed by atoms with Crippen molar-refractivity contribution < 1.29 is 4.79 Å². The smallest absolute Gasteiger partial charge is 0.239 e. The Kier molecular flexibility index (Phi) is 5.30. The Hall–Kier alpha value is -0.520. The zero-order valence-electron chi connectivity index (χ0n) is 11.0. The van der Waals surface area contributed by atoms with E-state index in [2.05, 4.69) is 27.1 Å². The number of primary amides is 1. The summed E-state index contributed by atoms with van der Waals surface area (Å²) in [5.41, 5.74) is 6.60. The zero-order valence-corrected chi connectivity index (χ0v) is 13.4. The van der Waals surface area contributed by atoms with Crippen molar-refractivity contribution in [2.45, 2.75) is 12.5 Å². The Morgan fingerprint density at radius 3 is 3.05 bits per heavy atom. The number of carbonyl (C=O) groups is 1. The molecule has 2 rings (SSSR count). The first-order valence-corrected chi connectivity index (χ1v) is 8.58. The van der Waals surface area contributed by atoms with Crippen molar-refractivity contribution in [3.05, 3.63) is 34.3 Å². The lowest BCUT2D eigenvalue weighted by molar-refractivity contribution is -0.123. The number of nitrogens with two attached hydrogens (primary N) is 1. The molecule has 0 saturated carbocycles. The van der Waals surface area contributed by atoms with Crippen molar-refractivity contribution in [2.24, 2.45) is 11.7 Å². The number of thioether (sulfide) groups is 1. The monoisotopic (exact) mass is 342 g/mol. The Bertz CT molecular complexity index is 455. The molecule has 1 aliphatic heterocycles. The summed E-state index contributed by atoms with van der Waals surface area (Å²) in [5, 5.41) is 0. The molecule has 2 unspecified atom stereocenters. The molecule has 1 saturated heterocycles. The molecule has 1 fully saturated rings. The summed E-state index contributed by atoms with van der Waals surface area (Å²) in [7, 11) is 0. The average Bonchev–Trinajstić information content (AvgIpc) is 2.78. The van der Waals surface area contributed by atoms with E-state index in [4.69, 9.17) is 5.73 Å². The summed E-state index contributed by atoms with van der Waals surface area (Å²) in [5.74, 6) is 1.56. The summed E-state index contributed by atoms with van der Waals surface area (Å²) < 4.78 is 0.983. The minimum absolute atomic E-state index is 0.261. The predicted octanol–water partition coefficient (Wildman–Crippen LogP) is 2.66. The quantitative estimate of drug-likeness (QED) is 0.894. The second-order valence-electron chi connectivity index (χ2n) is 4.96. The maximum Gasteiger partial charge on any atom is 0.239 e. The van der Waals surface area contributed by atoms with Gasteiger partial charge in [-0.3, -0.25) is 9.69 Å². The van der Waals surface area contributed by atoms with Gasteiger partial charge in [-0.2, -0.15) is 11.8 Å². The fraction of sp³-hybridized carbons (Fsp3) is 0.500. The van der Waals surface area contributed by atoms with Crippen LogP contribution in [0.4, 0.5) is 0 Å². The first-order chi connectivity index (χ1) is 9.11. The number of rotatable bonds is 5. The van der Waals surface area contributed by atoms with Gasteiger partial charge < -0.3 is 5.73 Å². The van der Waals surface area contributed by atoms with E-state index < -0.39 is 0 Å². The third kappa shape index (κ3) is 3.74. The molecular formula is C14H19BrN2OS. The molecule has 19 heavy (non-hydrogen) atoms. The molecule has 1 aromatic rings. The Morgan fingerprint density at radius 2 is 2.42 bits per heavy atom. The lowest BCUT2D eigenvalue weighted by atomic mass is 10.1. The van der Waals surface area contributed by atoms with Crippen LogP contribution in [-0.2, 0) is 4.79 Å². The molecule has 0 aromatic heterocycles. The molecular weight excluding hydrogens is 324 g/mol. The van der Waals surface area contributed by atoms with E-state index in [9.17, 15) is 4.79 Å². The van der Waals surface area contributed by atoms with Gasteiger partial charge in [0.1, 0.15) is 6.04 Å². The van der Waals surface area contributed by atoms with Gasteiger partial charge in [0.15, 0.2) is 0 Å². The molecule has 1 aliphatic rings. The zero-order chi connectivity index (χ0) is 13.8. The highest BCUT2D eigenvalue weighted by molar-refractivity contribution is 9.10. The SMILES string of the molecule is CSCC1CCN(C(C(N)=O)c2cccc(Br)c2)C1. The molecule has 2 atom stereocenters. The maximum atomic E-state index is 11.8. The average molecular weight is 343 g/mol. The van der Waals surface area contributed by atoms with E-state index >= 15 is 0 Å². The summed E-state index contributed by atoms with van der Waals surface area (Å²) >= 11 is 5.32. The summed E-state index contributed by atoms with van der Waals surface area (Å²) in [6.07, 6.45) is 3.28. The molecule has 104 valence electrons. The predicted molar refractivity (Wildman–Crippen MR) is 84.1 cm³/mol. The van der Waals surface area contributed by atoms with Crippen molar-refractivity contribution in [2.75, 3.05) is 25.1 Å². The largest absolute Gasteiger partial charge is 0.368 e. The van der Waals surface area contributed by atoms with E-state index in [-0.39, 0.29) is 11.9 Å². The number of hydrogen-bond donors (Lipinski definition) is 1. The molecule has 0 aliphatic carbocycles. The normalized spacial score (nSPS) is 21.5. The first kappa shape index (κ1) is 14.9. The molecule has 1 heterocycles. The van der Waals surface area contributed by atoms with Gasteiger partial charge in [0.2, 0.25) is 5.91 Å². The lowest BCUT2D eigenvalue weighted by Crippen LogP contribution is -2.36. The molecule has 0 spiro atoms. The number of amides is 1. The van der Waals surface area contributed by atoms with Crippen molar-refractivity contribution in [3.63, 3.8) is 0 Å². The van der Waals surface area contributed by atoms with E-state index in [0.29, 0.717) is 5.92 Å². The van der Waals surface area contributed by atoms with Crippen molar-refractivity contribution in [1.82, 2.24) is 4.90 Å². The van der Waals surface area contributed by atoms with Crippen molar-refractivity contribution >= 4 is 33.6 Å². The van der Waals surface area contributed by atoms with Gasteiger partial charge in [0.05, 0.1) is 0 Å². The minimum Gasteiger partial charge on any atom is -0.368 e. The topological polar surface area (TPSA) is 46.3 Å². The highest BCUT2D eigenvalue weighted by Crippen LogP contribution is 2.30. The number of likely N-dealkylation sites (tertiary alicyclic amines) is 1. The van der Waals surface area contributed by atoms with Crippen LogP contribution in [0.25, 0.3) is 0 Å². The van der Waals surface area contributed by atoms with Crippen LogP contribution in [0.15, 0.2) is 28.7 Å². The molecule has 3 nitrogen and oxygen atoms in total. The van der Waals surface area contributed by atoms with E-state index in [1.54, 1.807) is 0 Å². The second kappa shape index (κ2) is 6.77. The second-order valence-corrected chi connectivity index (χ2v) is 6.79. The lowest BCUT2D eigenvalue weighted by Gasteiger charge is -2.25. The van der Waals surface area contributed by atoms with Crippen LogP contribution < -0.4 is 5.73 Å². The molecule has 1 amide bonds. The summed E-state index contributed by atoms with van der Waals surface area (Å²) in [6, 6.07) is 7.57. The standard InChI is InChI=1S/C14H19BrN2OS/c1-19-9-10-5-6-17(8-10)13(14(16)18)11-3-2-4-12(15)7-11/h2-4,7,10,13H,5-6,8-9H2,1H3,(H2,16,18). The third-order valence-corrected chi connectivity index (χ3v) is 4.82. The molecule has 5 heteroatoms. The van der Waals surface area contributed by atoms with Crippen LogP contribution >= 0.6 is 27.7 Å². The maximum absolute atomic E-state index is 11.8. The highest BCUT2D eigenvalue weighted by atomic mass is 79.9. The Morgan fingerprint density at radius 1 is 1.63 bits per heavy atom. The number of benzene rings is 1. The van der Waals surface area contributed by atoms with Crippen LogP contribution in [0.1, 0.15) is 18.0 Å². The van der Waals surface area contributed by atoms with E-state index in [1.807, 2.05) is 36.0 Å². The molecule has 0 radical (unpaired) electrons. The Labute approximate surface area is 127 Å². The Balaban J connectivity index is 2.15. The van der Waals surface area contributed by atoms with Crippen LogP contribution in [0.3, 0.4) is 0 Å². The molecule has 0 bridgehead atoms. The number of carbonyl (C=O) groups excluding carboxylic acids is 1. The first-order valence-electron chi connectivity index (χ1n) is 6.39. The minimum atomic E-state index is -0.302. The summed E-state index contributed by atoms with van der Waals surface area (Å²) in [4.78, 5) is 14.0. The number of hydrogen-bond acceptors (Lipinski definition) is 3. The van der Waals surface area contributed by atoms with Crippen LogP contribution in [0.2, 0.25) is 0 Å². The van der Waals surface area contributed by atoms with Crippen molar-refractivity contribution in [3.8, 4) is 0 Å². The van der Waals surface area contributed by atoms with Crippen LogP contribution in [0.5, 0.6) is 0 Å². The van der Waals surface area contributed by atoms with Gasteiger partial charge >= 0.3 is 0 Å². The van der Waals surface area contributed by atoms with Crippen molar-refractivity contribution in [1.29, 1.82) is 0 Å².